The molecule has 294 valence electrons. The van der Waals surface area contributed by atoms with Crippen molar-refractivity contribution in [2.45, 2.75) is 0 Å². The number of benzene rings is 9. The monoisotopic (exact) mass is 804 g/mol. The van der Waals surface area contributed by atoms with E-state index in [2.05, 4.69) is 196 Å². The Morgan fingerprint density at radius 3 is 1.24 bits per heavy atom. The molecule has 0 spiro atoms. The van der Waals surface area contributed by atoms with Crippen molar-refractivity contribution in [3.05, 3.63) is 218 Å². The van der Waals surface area contributed by atoms with Crippen LogP contribution in [0.4, 0.5) is 0 Å². The fraction of sp³-hybridized carbons (Fsp3) is 0. The number of hydrogen-bond donors (Lipinski definition) is 0. The van der Waals surface area contributed by atoms with Gasteiger partial charge in [0, 0.05) is 60.4 Å². The highest BCUT2D eigenvalue weighted by Crippen LogP contribution is 2.46. The van der Waals surface area contributed by atoms with E-state index in [0.717, 1.165) is 44.8 Å². The Bertz CT molecular complexity index is 3830. The van der Waals surface area contributed by atoms with Gasteiger partial charge in [-0.15, -0.1) is 0 Å². The van der Waals surface area contributed by atoms with Crippen molar-refractivity contribution in [1.29, 1.82) is 0 Å². The van der Waals surface area contributed by atoms with Crippen LogP contribution in [0.1, 0.15) is 0 Å². The number of rotatable bonds is 6. The molecule has 63 heavy (non-hydrogen) atoms. The van der Waals surface area contributed by atoms with Gasteiger partial charge in [0.05, 0.1) is 38.8 Å². The first-order valence-corrected chi connectivity index (χ1v) is 21.3. The molecule has 0 bridgehead atoms. The number of hydrogen-bond acceptors (Lipinski definition) is 3. The predicted molar refractivity (Wildman–Crippen MR) is 259 cm³/mol. The van der Waals surface area contributed by atoms with E-state index < -0.39 is 0 Å². The zero-order valence-electron chi connectivity index (χ0n) is 34.0. The molecule has 0 saturated carbocycles. The smallest absolute Gasteiger partial charge is 0.166 e. The fourth-order valence-corrected chi connectivity index (χ4v) is 9.83. The number of para-hydroxylation sites is 5. The highest BCUT2D eigenvalue weighted by Gasteiger charge is 2.26. The minimum Gasteiger partial charge on any atom is -0.309 e. The summed E-state index contributed by atoms with van der Waals surface area (Å²) in [4.78, 5) is 15.4. The van der Waals surface area contributed by atoms with Crippen LogP contribution in [0.25, 0.3) is 117 Å². The maximum Gasteiger partial charge on any atom is 0.166 e. The van der Waals surface area contributed by atoms with Crippen LogP contribution in [0.2, 0.25) is 0 Å². The molecule has 13 rings (SSSR count). The van der Waals surface area contributed by atoms with Gasteiger partial charge in [0.1, 0.15) is 0 Å². The van der Waals surface area contributed by atoms with E-state index in [-0.39, 0.29) is 0 Å². The first-order chi connectivity index (χ1) is 31.3. The lowest BCUT2D eigenvalue weighted by Gasteiger charge is -2.14. The van der Waals surface area contributed by atoms with Crippen molar-refractivity contribution >= 4 is 65.4 Å². The molecule has 0 N–H and O–H groups in total. The molecule has 0 fully saturated rings. The van der Waals surface area contributed by atoms with Crippen molar-refractivity contribution in [3.63, 3.8) is 0 Å². The lowest BCUT2D eigenvalue weighted by Crippen LogP contribution is -2.03. The van der Waals surface area contributed by atoms with E-state index >= 15 is 0 Å². The SMILES string of the molecule is c1ccc(-c2nc(-c3ccccc3)nc(-c3ccccc3-n3c4ccccc4c4c3ccc3c5ccc6c(c7ccccc7n6-c6ccccc6)c5n(-c5ccccc5)c34)n2)cc1. The molecule has 0 aliphatic rings. The fourth-order valence-electron chi connectivity index (χ4n) is 9.83. The van der Waals surface area contributed by atoms with Gasteiger partial charge in [-0.2, -0.15) is 0 Å². The second kappa shape index (κ2) is 14.0. The first kappa shape index (κ1) is 35.2. The van der Waals surface area contributed by atoms with Crippen molar-refractivity contribution in [3.8, 4) is 51.2 Å². The molecule has 6 heteroatoms. The standard InChI is InChI=1S/C57H36N6/c1-5-19-37(20-6-1)55-58-56(38-21-7-2-8-22-38)60-57(59-55)45-29-15-18-32-48(45)63-47-31-17-14-28-44(47)52-50(63)36-34-42-41-33-35-49-51(53(41)62(54(42)52)40-25-11-4-12-26-40)43-27-13-16-30-46(43)61(49)39-23-9-3-10-24-39/h1-36H. The van der Waals surface area contributed by atoms with Crippen molar-refractivity contribution in [2.24, 2.45) is 0 Å². The van der Waals surface area contributed by atoms with Crippen LogP contribution in [0, 0.1) is 0 Å². The van der Waals surface area contributed by atoms with Gasteiger partial charge in [-0.25, -0.2) is 15.0 Å². The summed E-state index contributed by atoms with van der Waals surface area (Å²) in [5.74, 6) is 1.87. The third-order valence-electron chi connectivity index (χ3n) is 12.5. The molecule has 0 aliphatic carbocycles. The first-order valence-electron chi connectivity index (χ1n) is 21.3. The summed E-state index contributed by atoms with van der Waals surface area (Å²) in [6, 6.07) is 77.3. The molecule has 4 heterocycles. The van der Waals surface area contributed by atoms with Crippen molar-refractivity contribution in [1.82, 2.24) is 28.7 Å². The van der Waals surface area contributed by atoms with E-state index in [1.54, 1.807) is 0 Å². The largest absolute Gasteiger partial charge is 0.309 e. The Kier molecular flexibility index (Phi) is 7.80. The highest BCUT2D eigenvalue weighted by molar-refractivity contribution is 6.31. The average Bonchev–Trinajstić information content (AvgIpc) is 4.00. The molecule has 9 aromatic carbocycles. The van der Waals surface area contributed by atoms with Crippen LogP contribution in [0.15, 0.2) is 218 Å². The molecule has 0 amide bonds. The Balaban J connectivity index is 1.15. The highest BCUT2D eigenvalue weighted by atomic mass is 15.1. The van der Waals surface area contributed by atoms with E-state index in [4.69, 9.17) is 15.0 Å². The Labute approximate surface area is 362 Å². The Morgan fingerprint density at radius 2 is 0.683 bits per heavy atom. The van der Waals surface area contributed by atoms with Crippen LogP contribution in [0.3, 0.4) is 0 Å². The minimum absolute atomic E-state index is 0.612. The van der Waals surface area contributed by atoms with Crippen LogP contribution >= 0.6 is 0 Å². The number of fused-ring (bicyclic) bond motifs is 11. The van der Waals surface area contributed by atoms with Gasteiger partial charge in [-0.05, 0) is 60.7 Å². The number of nitrogens with zero attached hydrogens (tertiary/aromatic N) is 6. The van der Waals surface area contributed by atoms with Crippen LogP contribution < -0.4 is 0 Å². The van der Waals surface area contributed by atoms with Crippen LogP contribution in [-0.4, -0.2) is 28.7 Å². The van der Waals surface area contributed by atoms with E-state index in [1.165, 1.54) is 54.4 Å². The van der Waals surface area contributed by atoms with E-state index in [1.807, 2.05) is 36.4 Å². The summed E-state index contributed by atoms with van der Waals surface area (Å²) in [6.07, 6.45) is 0. The molecule has 13 aromatic rings. The second-order valence-electron chi connectivity index (χ2n) is 16.0. The normalized spacial score (nSPS) is 11.8. The van der Waals surface area contributed by atoms with Gasteiger partial charge in [0.15, 0.2) is 17.5 Å². The zero-order chi connectivity index (χ0) is 41.4. The lowest BCUT2D eigenvalue weighted by atomic mass is 10.1. The van der Waals surface area contributed by atoms with E-state index in [9.17, 15) is 0 Å². The zero-order valence-corrected chi connectivity index (χ0v) is 34.0. The predicted octanol–water partition coefficient (Wildman–Crippen LogP) is 14.2. The summed E-state index contributed by atoms with van der Waals surface area (Å²) >= 11 is 0. The van der Waals surface area contributed by atoms with Crippen molar-refractivity contribution in [2.75, 3.05) is 0 Å². The van der Waals surface area contributed by atoms with Gasteiger partial charge < -0.3 is 13.7 Å². The molecule has 0 saturated heterocycles. The molecule has 6 nitrogen and oxygen atoms in total. The number of aromatic nitrogens is 6. The summed E-state index contributed by atoms with van der Waals surface area (Å²) in [5.41, 5.74) is 12.9. The maximum atomic E-state index is 5.20. The Morgan fingerprint density at radius 1 is 0.270 bits per heavy atom. The topological polar surface area (TPSA) is 53.5 Å². The molecular weight excluding hydrogens is 769 g/mol. The van der Waals surface area contributed by atoms with Gasteiger partial charge in [-0.3, -0.25) is 0 Å². The van der Waals surface area contributed by atoms with Crippen molar-refractivity contribution < 1.29 is 0 Å². The molecule has 0 atom stereocenters. The quantitative estimate of drug-likeness (QED) is 0.168. The van der Waals surface area contributed by atoms with E-state index in [0.29, 0.717) is 17.5 Å². The summed E-state index contributed by atoms with van der Waals surface area (Å²) < 4.78 is 7.32. The second-order valence-corrected chi connectivity index (χ2v) is 16.0. The molecule has 4 aromatic heterocycles. The molecular formula is C57H36N6. The van der Waals surface area contributed by atoms with Gasteiger partial charge in [-0.1, -0.05) is 158 Å². The molecule has 0 unspecified atom stereocenters. The third kappa shape index (κ3) is 5.35. The van der Waals surface area contributed by atoms with Crippen LogP contribution in [0.5, 0.6) is 0 Å². The molecule has 0 aliphatic heterocycles. The average molecular weight is 805 g/mol. The minimum atomic E-state index is 0.612. The van der Waals surface area contributed by atoms with Gasteiger partial charge >= 0.3 is 0 Å². The summed E-state index contributed by atoms with van der Waals surface area (Å²) in [5, 5.41) is 7.21. The maximum absolute atomic E-state index is 5.20. The summed E-state index contributed by atoms with van der Waals surface area (Å²) in [6.45, 7) is 0. The molecule has 0 radical (unpaired) electrons. The Hall–Kier alpha value is -8.61. The van der Waals surface area contributed by atoms with Gasteiger partial charge in [0.25, 0.3) is 0 Å². The van der Waals surface area contributed by atoms with Crippen LogP contribution in [-0.2, 0) is 0 Å². The third-order valence-corrected chi connectivity index (χ3v) is 12.5. The summed E-state index contributed by atoms with van der Waals surface area (Å²) in [7, 11) is 0. The lowest BCUT2D eigenvalue weighted by molar-refractivity contribution is 1.06. The van der Waals surface area contributed by atoms with Gasteiger partial charge in [0.2, 0.25) is 0 Å².